The van der Waals surface area contributed by atoms with Crippen molar-refractivity contribution in [1.82, 2.24) is 0 Å². The monoisotopic (exact) mass is 305 g/mol. The average molecular weight is 305 g/mol. The Bertz CT molecular complexity index is 636. The number of ether oxygens (including phenoxy) is 1. The topological polar surface area (TPSA) is 41.7 Å². The summed E-state index contributed by atoms with van der Waals surface area (Å²) in [5, 5.41) is 0. The molecule has 0 saturated carbocycles. The number of carbonyl (C=O) groups excluding carboxylic acids is 1. The number of hydrogen-bond donors (Lipinski definition) is 0. The largest absolute Gasteiger partial charge is 0.467 e. The van der Waals surface area contributed by atoms with Gasteiger partial charge in [-0.2, -0.15) is 0 Å². The number of carbonyl (C=O) groups is 1. The van der Waals surface area contributed by atoms with E-state index in [0.29, 0.717) is 11.4 Å². The van der Waals surface area contributed by atoms with Crippen LogP contribution in [0.2, 0.25) is 0 Å². The Morgan fingerprint density at radius 2 is 2.14 bits per heavy atom. The Balaban J connectivity index is 2.21. The van der Waals surface area contributed by atoms with E-state index in [9.17, 15) is 9.18 Å². The summed E-state index contributed by atoms with van der Waals surface area (Å²) in [6.07, 6.45) is 4.16. The summed E-state index contributed by atoms with van der Waals surface area (Å²) in [4.78, 5) is 16.1. The highest BCUT2D eigenvalue weighted by Crippen LogP contribution is 2.17. The van der Waals surface area contributed by atoms with E-state index < -0.39 is 0 Å². The summed E-state index contributed by atoms with van der Waals surface area (Å²) in [5.74, 6) is 1.06. The smallest absolute Gasteiger partial charge is 0.340 e. The standard InChI is InChI=1S/C17H22FN2O2/c1-4-5-6-7-15-19-17(20(15)11-16(21)22-3)13-8-9-14(18)12(2)10-13/h8-10H,4-7,11H2,1-3H3/q+1. The lowest BCUT2D eigenvalue weighted by atomic mass is 10.1. The van der Waals surface area contributed by atoms with Gasteiger partial charge >= 0.3 is 5.97 Å². The summed E-state index contributed by atoms with van der Waals surface area (Å²) in [6.45, 7) is 4.01. The summed E-state index contributed by atoms with van der Waals surface area (Å²) in [6, 6.07) is 4.87. The molecule has 0 atom stereocenters. The molecule has 0 unspecified atom stereocenters. The molecule has 0 amide bonds. The first-order chi connectivity index (χ1) is 10.6. The number of amidine groups is 2. The molecule has 0 fully saturated rings. The van der Waals surface area contributed by atoms with Crippen molar-refractivity contribution < 1.29 is 18.5 Å². The number of halogens is 1. The molecule has 1 aliphatic heterocycles. The maximum absolute atomic E-state index is 13.4. The van der Waals surface area contributed by atoms with Crippen molar-refractivity contribution in [3.05, 3.63) is 35.1 Å². The molecule has 0 aliphatic carbocycles. The Morgan fingerprint density at radius 3 is 2.77 bits per heavy atom. The minimum absolute atomic E-state index is 0.146. The molecule has 0 spiro atoms. The number of rotatable bonds is 7. The third kappa shape index (κ3) is 3.59. The predicted molar refractivity (Wildman–Crippen MR) is 84.0 cm³/mol. The zero-order valence-corrected chi connectivity index (χ0v) is 13.4. The molecule has 0 aromatic heterocycles. The first kappa shape index (κ1) is 16.3. The van der Waals surface area contributed by atoms with Gasteiger partial charge in [0, 0.05) is 6.42 Å². The first-order valence-electron chi connectivity index (χ1n) is 7.62. The Labute approximate surface area is 130 Å². The molecule has 1 aromatic carbocycles. The Hall–Kier alpha value is -2.04. The minimum atomic E-state index is -0.306. The molecule has 4 nitrogen and oxygen atoms in total. The number of hydrogen-bond acceptors (Lipinski definition) is 3. The highest BCUT2D eigenvalue weighted by atomic mass is 19.1. The molecule has 2 rings (SSSR count). The molecule has 1 aliphatic rings. The number of benzene rings is 1. The van der Waals surface area contributed by atoms with Crippen LogP contribution in [0, 0.1) is 12.7 Å². The second-order valence-corrected chi connectivity index (χ2v) is 5.43. The van der Waals surface area contributed by atoms with Gasteiger partial charge in [0.05, 0.1) is 12.7 Å². The van der Waals surface area contributed by atoms with Gasteiger partial charge in [-0.25, -0.2) is 13.8 Å². The van der Waals surface area contributed by atoms with E-state index in [0.717, 1.165) is 37.1 Å². The van der Waals surface area contributed by atoms with Crippen LogP contribution in [0.25, 0.3) is 0 Å². The van der Waals surface area contributed by atoms with Gasteiger partial charge in [-0.15, -0.1) is 0 Å². The van der Waals surface area contributed by atoms with Crippen LogP contribution in [0.1, 0.15) is 43.7 Å². The fourth-order valence-corrected chi connectivity index (χ4v) is 2.41. The first-order valence-corrected chi connectivity index (χ1v) is 7.62. The summed E-state index contributed by atoms with van der Waals surface area (Å²) in [7, 11) is 1.37. The van der Waals surface area contributed by atoms with Crippen LogP contribution < -0.4 is 0 Å². The molecular formula is C17H22FN2O2+. The van der Waals surface area contributed by atoms with E-state index in [4.69, 9.17) is 4.74 Å². The third-order valence-corrected chi connectivity index (χ3v) is 3.74. The quantitative estimate of drug-likeness (QED) is 0.441. The Morgan fingerprint density at radius 1 is 1.36 bits per heavy atom. The molecule has 0 bridgehead atoms. The fraction of sp³-hybridized carbons (Fsp3) is 0.471. The van der Waals surface area contributed by atoms with Gasteiger partial charge in [-0.1, -0.05) is 24.8 Å². The van der Waals surface area contributed by atoms with Crippen molar-refractivity contribution in [2.24, 2.45) is 4.99 Å². The fourth-order valence-electron chi connectivity index (χ4n) is 2.41. The zero-order chi connectivity index (χ0) is 16.1. The number of methoxy groups -OCH3 is 1. The van der Waals surface area contributed by atoms with E-state index in [1.54, 1.807) is 19.1 Å². The normalized spacial score (nSPS) is 13.7. The van der Waals surface area contributed by atoms with Crippen molar-refractivity contribution >= 4 is 17.6 Å². The lowest BCUT2D eigenvalue weighted by Crippen LogP contribution is -2.40. The van der Waals surface area contributed by atoms with E-state index in [2.05, 4.69) is 11.9 Å². The van der Waals surface area contributed by atoms with Gasteiger partial charge in [-0.3, -0.25) is 0 Å². The van der Waals surface area contributed by atoms with Crippen molar-refractivity contribution in [2.75, 3.05) is 13.7 Å². The molecule has 0 radical (unpaired) electrons. The number of unbranched alkanes of at least 4 members (excludes halogenated alkanes) is 2. The maximum Gasteiger partial charge on any atom is 0.340 e. The third-order valence-electron chi connectivity index (χ3n) is 3.74. The second kappa shape index (κ2) is 7.29. The van der Waals surface area contributed by atoms with Gasteiger partial charge in [0.1, 0.15) is 5.82 Å². The van der Waals surface area contributed by atoms with Crippen LogP contribution in [0.4, 0.5) is 4.39 Å². The maximum atomic E-state index is 13.4. The molecule has 22 heavy (non-hydrogen) atoms. The Kier molecular flexibility index (Phi) is 5.41. The van der Waals surface area contributed by atoms with Crippen LogP contribution in [-0.2, 0) is 9.53 Å². The van der Waals surface area contributed by atoms with Crippen molar-refractivity contribution in [3.8, 4) is 0 Å². The van der Waals surface area contributed by atoms with Gasteiger partial charge in [0.2, 0.25) is 5.84 Å². The highest BCUT2D eigenvalue weighted by Gasteiger charge is 2.31. The summed E-state index contributed by atoms with van der Waals surface area (Å²) < 4.78 is 20.0. The number of aliphatic imine (C=N–C) groups is 1. The second-order valence-electron chi connectivity index (χ2n) is 5.43. The van der Waals surface area contributed by atoms with Gasteiger partial charge in [0.25, 0.3) is 5.84 Å². The number of esters is 1. The van der Waals surface area contributed by atoms with Crippen LogP contribution in [0.15, 0.2) is 23.2 Å². The van der Waals surface area contributed by atoms with Crippen molar-refractivity contribution in [2.45, 2.75) is 39.5 Å². The van der Waals surface area contributed by atoms with E-state index >= 15 is 0 Å². The summed E-state index contributed by atoms with van der Waals surface area (Å²) in [5.41, 5.74) is 1.39. The molecular weight excluding hydrogens is 283 g/mol. The lowest BCUT2D eigenvalue weighted by molar-refractivity contribution is -0.414. The van der Waals surface area contributed by atoms with Crippen LogP contribution in [0.3, 0.4) is 0 Å². The lowest BCUT2D eigenvalue weighted by Gasteiger charge is -2.18. The SMILES string of the molecule is CCCCCC1=NC(c2ccc(F)c(C)c2)=[N+]1CC(=O)OC. The molecule has 1 heterocycles. The highest BCUT2D eigenvalue weighted by molar-refractivity contribution is 6.10. The van der Waals surface area contributed by atoms with E-state index in [1.165, 1.54) is 13.2 Å². The van der Waals surface area contributed by atoms with Gasteiger partial charge < -0.3 is 4.74 Å². The zero-order valence-electron chi connectivity index (χ0n) is 13.4. The van der Waals surface area contributed by atoms with Crippen LogP contribution >= 0.6 is 0 Å². The number of nitrogens with zero attached hydrogens (tertiary/aromatic N) is 2. The predicted octanol–water partition coefficient (Wildman–Crippen LogP) is 3.06. The average Bonchev–Trinajstić information content (AvgIpc) is 2.50. The van der Waals surface area contributed by atoms with Crippen molar-refractivity contribution in [3.63, 3.8) is 0 Å². The van der Waals surface area contributed by atoms with E-state index in [1.807, 2.05) is 4.58 Å². The molecule has 0 N–H and O–H groups in total. The van der Waals surface area contributed by atoms with Gasteiger partial charge in [-0.05, 0) is 37.1 Å². The molecule has 118 valence electrons. The van der Waals surface area contributed by atoms with Gasteiger partial charge in [0.15, 0.2) is 6.54 Å². The summed E-state index contributed by atoms with van der Waals surface area (Å²) >= 11 is 0. The van der Waals surface area contributed by atoms with Crippen LogP contribution in [-0.4, -0.2) is 35.9 Å². The molecule has 1 aromatic rings. The van der Waals surface area contributed by atoms with E-state index in [-0.39, 0.29) is 18.3 Å². The van der Waals surface area contributed by atoms with Crippen molar-refractivity contribution in [1.29, 1.82) is 0 Å². The minimum Gasteiger partial charge on any atom is -0.467 e. The molecule has 0 saturated heterocycles. The molecule has 5 heteroatoms. The van der Waals surface area contributed by atoms with Crippen LogP contribution in [0.5, 0.6) is 0 Å². The number of aryl methyl sites for hydroxylation is 1.